The van der Waals surface area contributed by atoms with Gasteiger partial charge < -0.3 is 10.6 Å². The van der Waals surface area contributed by atoms with Gasteiger partial charge in [-0.25, -0.2) is 0 Å². The van der Waals surface area contributed by atoms with E-state index in [0.717, 1.165) is 11.3 Å². The maximum absolute atomic E-state index is 11.3. The van der Waals surface area contributed by atoms with E-state index in [1.807, 2.05) is 26.0 Å². The van der Waals surface area contributed by atoms with Crippen molar-refractivity contribution >= 4 is 11.6 Å². The van der Waals surface area contributed by atoms with Crippen LogP contribution in [0.15, 0.2) is 18.2 Å². The Bertz CT molecular complexity index is 421. The number of carbonyl (C=O) groups is 1. The number of nitrogens with one attached hydrogen (secondary N) is 2. The molecular weight excluding hydrogens is 202 g/mol. The maximum atomic E-state index is 11.3. The molecule has 4 heteroatoms. The molecule has 1 rings (SSSR count). The second kappa shape index (κ2) is 5.76. The highest BCUT2D eigenvalue weighted by Crippen LogP contribution is 2.18. The molecule has 0 aliphatic heterocycles. The normalized spacial score (nSPS) is 9.31. The summed E-state index contributed by atoms with van der Waals surface area (Å²) < 4.78 is 0. The average Bonchev–Trinajstić information content (AvgIpc) is 2.27. The number of para-hydroxylation sites is 1. The second-order valence-corrected chi connectivity index (χ2v) is 3.42. The first-order chi connectivity index (χ1) is 7.69. The van der Waals surface area contributed by atoms with Gasteiger partial charge in [-0.1, -0.05) is 12.1 Å². The van der Waals surface area contributed by atoms with Crippen LogP contribution >= 0.6 is 0 Å². The molecular formula is C12H15N3O. The summed E-state index contributed by atoms with van der Waals surface area (Å²) in [6, 6.07) is 7.56. The number of aryl methyl sites for hydroxylation is 1. The van der Waals surface area contributed by atoms with Crippen molar-refractivity contribution in [2.75, 3.05) is 18.4 Å². The molecule has 1 amide bonds. The van der Waals surface area contributed by atoms with Crippen molar-refractivity contribution < 1.29 is 4.79 Å². The number of amides is 1. The number of hydrogen-bond acceptors (Lipinski definition) is 3. The number of anilines is 1. The molecule has 2 N–H and O–H groups in total. The Kier molecular flexibility index (Phi) is 4.34. The fraction of sp³-hybridized carbons (Fsp3) is 0.333. The molecule has 0 saturated carbocycles. The van der Waals surface area contributed by atoms with E-state index in [0.29, 0.717) is 12.1 Å². The first-order valence-electron chi connectivity index (χ1n) is 5.19. The molecule has 0 radical (unpaired) electrons. The summed E-state index contributed by atoms with van der Waals surface area (Å²) in [6.45, 7) is 4.57. The number of nitrogens with zero attached hydrogens (tertiary/aromatic N) is 1. The van der Waals surface area contributed by atoms with Gasteiger partial charge in [0, 0.05) is 6.54 Å². The van der Waals surface area contributed by atoms with Crippen molar-refractivity contribution in [1.82, 2.24) is 5.32 Å². The van der Waals surface area contributed by atoms with Crippen LogP contribution in [-0.2, 0) is 4.79 Å². The van der Waals surface area contributed by atoms with E-state index < -0.39 is 0 Å². The van der Waals surface area contributed by atoms with Crippen LogP contribution in [0.25, 0.3) is 0 Å². The van der Waals surface area contributed by atoms with Crippen molar-refractivity contribution in [1.29, 1.82) is 5.26 Å². The van der Waals surface area contributed by atoms with Gasteiger partial charge in [0.2, 0.25) is 5.91 Å². The molecule has 0 spiro atoms. The number of benzene rings is 1. The average molecular weight is 217 g/mol. The third-order valence-electron chi connectivity index (χ3n) is 2.19. The third kappa shape index (κ3) is 2.99. The lowest BCUT2D eigenvalue weighted by Crippen LogP contribution is -2.29. The van der Waals surface area contributed by atoms with Gasteiger partial charge in [0.15, 0.2) is 0 Å². The van der Waals surface area contributed by atoms with Crippen LogP contribution in [-0.4, -0.2) is 19.0 Å². The molecule has 4 nitrogen and oxygen atoms in total. The molecule has 1 aromatic carbocycles. The fourth-order valence-electron chi connectivity index (χ4n) is 1.42. The van der Waals surface area contributed by atoms with E-state index in [2.05, 4.69) is 16.7 Å². The topological polar surface area (TPSA) is 64.9 Å². The lowest BCUT2D eigenvalue weighted by Gasteiger charge is -2.10. The number of rotatable bonds is 4. The molecule has 16 heavy (non-hydrogen) atoms. The smallest absolute Gasteiger partial charge is 0.239 e. The highest BCUT2D eigenvalue weighted by atomic mass is 16.1. The van der Waals surface area contributed by atoms with Gasteiger partial charge in [0.25, 0.3) is 0 Å². The SMILES string of the molecule is CCNC(=O)CNc1c(C)cccc1C#N. The first-order valence-corrected chi connectivity index (χ1v) is 5.19. The van der Waals surface area contributed by atoms with Crippen molar-refractivity contribution in [2.24, 2.45) is 0 Å². The van der Waals surface area contributed by atoms with E-state index in [9.17, 15) is 4.79 Å². The van der Waals surface area contributed by atoms with Gasteiger partial charge >= 0.3 is 0 Å². The van der Waals surface area contributed by atoms with Crippen LogP contribution in [0.2, 0.25) is 0 Å². The lowest BCUT2D eigenvalue weighted by atomic mass is 10.1. The van der Waals surface area contributed by atoms with Crippen molar-refractivity contribution in [3.8, 4) is 6.07 Å². The Morgan fingerprint density at radius 1 is 1.50 bits per heavy atom. The van der Waals surface area contributed by atoms with Crippen LogP contribution < -0.4 is 10.6 Å². The zero-order valence-electron chi connectivity index (χ0n) is 9.50. The van der Waals surface area contributed by atoms with E-state index in [1.54, 1.807) is 6.07 Å². The molecule has 0 aliphatic rings. The van der Waals surface area contributed by atoms with Crippen molar-refractivity contribution in [2.45, 2.75) is 13.8 Å². The van der Waals surface area contributed by atoms with Gasteiger partial charge in [-0.3, -0.25) is 4.79 Å². The molecule has 84 valence electrons. The molecule has 0 fully saturated rings. The van der Waals surface area contributed by atoms with Crippen LogP contribution in [0.3, 0.4) is 0 Å². The second-order valence-electron chi connectivity index (χ2n) is 3.42. The third-order valence-corrected chi connectivity index (χ3v) is 2.19. The zero-order valence-corrected chi connectivity index (χ0v) is 9.50. The number of carbonyl (C=O) groups excluding carboxylic acids is 1. The van der Waals surface area contributed by atoms with Crippen LogP contribution in [0.1, 0.15) is 18.1 Å². The Morgan fingerprint density at radius 2 is 2.25 bits per heavy atom. The molecule has 0 heterocycles. The monoisotopic (exact) mass is 217 g/mol. The van der Waals surface area contributed by atoms with Crippen LogP contribution in [0, 0.1) is 18.3 Å². The van der Waals surface area contributed by atoms with Crippen LogP contribution in [0.5, 0.6) is 0 Å². The summed E-state index contributed by atoms with van der Waals surface area (Å²) in [5, 5.41) is 14.6. The van der Waals surface area contributed by atoms with E-state index in [4.69, 9.17) is 5.26 Å². The quantitative estimate of drug-likeness (QED) is 0.801. The summed E-state index contributed by atoms with van der Waals surface area (Å²) in [5.74, 6) is -0.0744. The lowest BCUT2D eigenvalue weighted by molar-refractivity contribution is -0.119. The Labute approximate surface area is 95.3 Å². The standard InChI is InChI=1S/C12H15N3O/c1-3-14-11(16)8-15-12-9(2)5-4-6-10(12)7-13/h4-6,15H,3,8H2,1-2H3,(H,14,16). The minimum Gasteiger partial charge on any atom is -0.375 e. The minimum atomic E-state index is -0.0744. The van der Waals surface area contributed by atoms with Crippen molar-refractivity contribution in [3.63, 3.8) is 0 Å². The maximum Gasteiger partial charge on any atom is 0.239 e. The Morgan fingerprint density at radius 3 is 2.88 bits per heavy atom. The van der Waals surface area contributed by atoms with Crippen molar-refractivity contribution in [3.05, 3.63) is 29.3 Å². The minimum absolute atomic E-state index is 0.0744. The van der Waals surface area contributed by atoms with Gasteiger partial charge in [-0.05, 0) is 25.5 Å². The van der Waals surface area contributed by atoms with Gasteiger partial charge in [-0.2, -0.15) is 5.26 Å². The highest BCUT2D eigenvalue weighted by Gasteiger charge is 2.06. The Balaban J connectivity index is 2.74. The summed E-state index contributed by atoms with van der Waals surface area (Å²) >= 11 is 0. The molecule has 0 unspecified atom stereocenters. The Hall–Kier alpha value is -2.02. The fourth-order valence-corrected chi connectivity index (χ4v) is 1.42. The largest absolute Gasteiger partial charge is 0.375 e. The molecule has 0 bridgehead atoms. The highest BCUT2D eigenvalue weighted by molar-refractivity contribution is 5.81. The number of hydrogen-bond donors (Lipinski definition) is 2. The zero-order chi connectivity index (χ0) is 12.0. The first kappa shape index (κ1) is 12.1. The summed E-state index contributed by atoms with van der Waals surface area (Å²) in [5.41, 5.74) is 2.25. The van der Waals surface area contributed by atoms with Gasteiger partial charge in [0.05, 0.1) is 17.8 Å². The molecule has 0 aliphatic carbocycles. The summed E-state index contributed by atoms with van der Waals surface area (Å²) in [7, 11) is 0. The number of likely N-dealkylation sites (N-methyl/N-ethyl adjacent to an activating group) is 1. The summed E-state index contributed by atoms with van der Waals surface area (Å²) in [6.07, 6.45) is 0. The van der Waals surface area contributed by atoms with Gasteiger partial charge in [0.1, 0.15) is 6.07 Å². The molecule has 0 saturated heterocycles. The predicted molar refractivity (Wildman–Crippen MR) is 63.1 cm³/mol. The van der Waals surface area contributed by atoms with E-state index in [1.165, 1.54) is 0 Å². The summed E-state index contributed by atoms with van der Waals surface area (Å²) in [4.78, 5) is 11.3. The number of nitriles is 1. The van der Waals surface area contributed by atoms with Gasteiger partial charge in [-0.15, -0.1) is 0 Å². The molecule has 1 aromatic rings. The van der Waals surface area contributed by atoms with E-state index in [-0.39, 0.29) is 12.5 Å². The molecule has 0 aromatic heterocycles. The molecule has 0 atom stereocenters. The predicted octanol–water partition coefficient (Wildman–Crippen LogP) is 1.41. The van der Waals surface area contributed by atoms with Crippen LogP contribution in [0.4, 0.5) is 5.69 Å². The van der Waals surface area contributed by atoms with E-state index >= 15 is 0 Å².